The van der Waals surface area contributed by atoms with Crippen molar-refractivity contribution < 1.29 is 4.92 Å². The average Bonchev–Trinajstić information content (AvgIpc) is 2.07. The smallest absolute Gasteiger partial charge is 0.297 e. The molecule has 0 heterocycles. The third kappa shape index (κ3) is 1.73. The lowest BCUT2D eigenvalue weighted by Gasteiger charge is -2.04. The van der Waals surface area contributed by atoms with Crippen molar-refractivity contribution in [2.24, 2.45) is 5.73 Å². The van der Waals surface area contributed by atoms with Gasteiger partial charge in [0.15, 0.2) is 0 Å². The normalized spacial score (nSPS) is 10.0. The highest BCUT2D eigenvalue weighted by atomic mass is 32.1. The largest absolute Gasteiger partial charge is 0.393 e. The van der Waals surface area contributed by atoms with E-state index in [9.17, 15) is 10.1 Å². The summed E-state index contributed by atoms with van der Waals surface area (Å²) >= 11 is 4.05. The highest BCUT2D eigenvalue weighted by Gasteiger charge is 2.18. The number of nitro benzene ring substituents is 1. The van der Waals surface area contributed by atoms with Crippen LogP contribution in [0.2, 0.25) is 0 Å². The summed E-state index contributed by atoms with van der Waals surface area (Å²) in [4.78, 5) is 10.5. The number of nitrogen functional groups attached to an aromatic ring is 1. The molecule has 0 fully saturated rings. The van der Waals surface area contributed by atoms with Gasteiger partial charge < -0.3 is 11.5 Å². The Hall–Kier alpha value is -1.27. The van der Waals surface area contributed by atoms with Crippen LogP contribution in [0.15, 0.2) is 17.0 Å². The molecule has 0 aliphatic rings. The summed E-state index contributed by atoms with van der Waals surface area (Å²) in [5.41, 5.74) is 11.1. The highest BCUT2D eigenvalue weighted by molar-refractivity contribution is 7.80. The Morgan fingerprint density at radius 3 is 2.54 bits per heavy atom. The summed E-state index contributed by atoms with van der Waals surface area (Å²) in [6.45, 7) is 0.0557. The number of hydrogen-bond acceptors (Lipinski definition) is 5. The van der Waals surface area contributed by atoms with Gasteiger partial charge in [-0.25, -0.2) is 0 Å². The van der Waals surface area contributed by atoms with Crippen molar-refractivity contribution in [3.63, 3.8) is 0 Å². The lowest BCUT2D eigenvalue weighted by Crippen LogP contribution is -2.05. The van der Waals surface area contributed by atoms with Crippen molar-refractivity contribution in [1.29, 1.82) is 0 Å². The molecule has 0 saturated heterocycles. The highest BCUT2D eigenvalue weighted by Crippen LogP contribution is 2.30. The van der Waals surface area contributed by atoms with Crippen LogP contribution in [0.4, 0.5) is 11.4 Å². The number of anilines is 1. The summed E-state index contributed by atoms with van der Waals surface area (Å²) in [7, 11) is 0. The molecule has 1 aromatic carbocycles. The summed E-state index contributed by atoms with van der Waals surface area (Å²) in [6.07, 6.45) is 0. The maximum absolute atomic E-state index is 10.6. The monoisotopic (exact) mass is 199 g/mol. The number of nitro groups is 1. The van der Waals surface area contributed by atoms with Gasteiger partial charge in [-0.3, -0.25) is 10.1 Å². The SMILES string of the molecule is NCc1c(S)ccc(N)c1[N+](=O)[O-]. The van der Waals surface area contributed by atoms with Crippen LogP contribution < -0.4 is 11.5 Å². The van der Waals surface area contributed by atoms with Gasteiger partial charge in [0, 0.05) is 11.4 Å². The maximum Gasteiger partial charge on any atom is 0.297 e. The number of nitrogens with two attached hydrogens (primary N) is 2. The molecule has 0 unspecified atom stereocenters. The van der Waals surface area contributed by atoms with E-state index in [1.807, 2.05) is 0 Å². The first-order valence-corrected chi connectivity index (χ1v) is 3.97. The van der Waals surface area contributed by atoms with Crippen LogP contribution >= 0.6 is 12.6 Å². The van der Waals surface area contributed by atoms with Crippen LogP contribution in [0, 0.1) is 10.1 Å². The first-order chi connectivity index (χ1) is 6.07. The van der Waals surface area contributed by atoms with E-state index in [4.69, 9.17) is 11.5 Å². The minimum Gasteiger partial charge on any atom is -0.393 e. The Labute approximate surface area is 80.3 Å². The first-order valence-electron chi connectivity index (χ1n) is 3.52. The number of hydrogen-bond donors (Lipinski definition) is 3. The zero-order valence-electron chi connectivity index (χ0n) is 6.73. The van der Waals surface area contributed by atoms with E-state index in [1.165, 1.54) is 6.07 Å². The zero-order valence-corrected chi connectivity index (χ0v) is 7.62. The van der Waals surface area contributed by atoms with Gasteiger partial charge in [-0.2, -0.15) is 0 Å². The lowest BCUT2D eigenvalue weighted by molar-refractivity contribution is -0.384. The molecule has 0 atom stereocenters. The Kier molecular flexibility index (Phi) is 2.74. The summed E-state index contributed by atoms with van der Waals surface area (Å²) < 4.78 is 0. The number of benzene rings is 1. The fraction of sp³-hybridized carbons (Fsp3) is 0.143. The third-order valence-corrected chi connectivity index (χ3v) is 2.09. The quantitative estimate of drug-likeness (QED) is 0.286. The summed E-state index contributed by atoms with van der Waals surface area (Å²) in [5.74, 6) is 0. The second kappa shape index (κ2) is 3.63. The molecular weight excluding hydrogens is 190 g/mol. The van der Waals surface area contributed by atoms with Crippen LogP contribution in [0.1, 0.15) is 5.56 Å². The van der Waals surface area contributed by atoms with Crippen molar-refractivity contribution >= 4 is 24.0 Å². The number of nitrogens with zero attached hydrogens (tertiary/aromatic N) is 1. The molecule has 5 nitrogen and oxygen atoms in total. The van der Waals surface area contributed by atoms with Crippen molar-refractivity contribution in [2.45, 2.75) is 11.4 Å². The summed E-state index contributed by atoms with van der Waals surface area (Å²) in [5, 5.41) is 10.6. The van der Waals surface area contributed by atoms with Crippen molar-refractivity contribution in [3.05, 3.63) is 27.8 Å². The van der Waals surface area contributed by atoms with Crippen LogP contribution in [-0.2, 0) is 6.54 Å². The van der Waals surface area contributed by atoms with Gasteiger partial charge in [0.1, 0.15) is 5.69 Å². The predicted molar refractivity (Wildman–Crippen MR) is 52.7 cm³/mol. The Morgan fingerprint density at radius 2 is 2.15 bits per heavy atom. The Morgan fingerprint density at radius 1 is 1.54 bits per heavy atom. The van der Waals surface area contributed by atoms with Crippen molar-refractivity contribution in [1.82, 2.24) is 0 Å². The Balaban J connectivity index is 3.43. The van der Waals surface area contributed by atoms with Gasteiger partial charge in [-0.15, -0.1) is 12.6 Å². The van der Waals surface area contributed by atoms with E-state index < -0.39 is 4.92 Å². The van der Waals surface area contributed by atoms with Crippen LogP contribution in [-0.4, -0.2) is 4.92 Å². The van der Waals surface area contributed by atoms with Gasteiger partial charge in [0.2, 0.25) is 0 Å². The lowest BCUT2D eigenvalue weighted by atomic mass is 10.1. The van der Waals surface area contributed by atoms with E-state index in [1.54, 1.807) is 6.07 Å². The van der Waals surface area contributed by atoms with Crippen molar-refractivity contribution in [3.8, 4) is 0 Å². The van der Waals surface area contributed by atoms with Gasteiger partial charge >= 0.3 is 0 Å². The second-order valence-electron chi connectivity index (χ2n) is 2.46. The molecule has 1 rings (SSSR count). The van der Waals surface area contributed by atoms with Gasteiger partial charge in [-0.05, 0) is 12.1 Å². The van der Waals surface area contributed by atoms with Crippen LogP contribution in [0.25, 0.3) is 0 Å². The van der Waals surface area contributed by atoms with E-state index in [0.29, 0.717) is 10.5 Å². The average molecular weight is 199 g/mol. The van der Waals surface area contributed by atoms with E-state index >= 15 is 0 Å². The van der Waals surface area contributed by atoms with Gasteiger partial charge in [-0.1, -0.05) is 0 Å². The number of rotatable bonds is 2. The molecule has 0 amide bonds. The maximum atomic E-state index is 10.6. The molecule has 0 bridgehead atoms. The topological polar surface area (TPSA) is 95.2 Å². The van der Waals surface area contributed by atoms with Gasteiger partial charge in [0.25, 0.3) is 5.69 Å². The van der Waals surface area contributed by atoms with Crippen molar-refractivity contribution in [2.75, 3.05) is 5.73 Å². The fourth-order valence-electron chi connectivity index (χ4n) is 1.06. The minimum absolute atomic E-state index is 0.0557. The molecule has 0 radical (unpaired) electrons. The fourth-order valence-corrected chi connectivity index (χ4v) is 1.33. The zero-order chi connectivity index (χ0) is 10.0. The van der Waals surface area contributed by atoms with E-state index in [0.717, 1.165) is 0 Å². The molecular formula is C7H9N3O2S. The second-order valence-corrected chi connectivity index (χ2v) is 2.94. The first kappa shape index (κ1) is 9.82. The molecule has 6 heteroatoms. The third-order valence-electron chi connectivity index (χ3n) is 1.68. The van der Waals surface area contributed by atoms with Crippen LogP contribution in [0.5, 0.6) is 0 Å². The molecule has 70 valence electrons. The van der Waals surface area contributed by atoms with Gasteiger partial charge in [0.05, 0.1) is 10.5 Å². The van der Waals surface area contributed by atoms with Crippen LogP contribution in [0.3, 0.4) is 0 Å². The standard InChI is InChI=1S/C7H9N3O2S/c8-3-4-6(13)2-1-5(9)7(4)10(11)12/h1-2,13H,3,8-9H2. The molecule has 0 saturated carbocycles. The van der Waals surface area contributed by atoms with E-state index in [2.05, 4.69) is 12.6 Å². The molecule has 13 heavy (non-hydrogen) atoms. The van der Waals surface area contributed by atoms with E-state index in [-0.39, 0.29) is 17.9 Å². The number of thiol groups is 1. The minimum atomic E-state index is -0.544. The molecule has 1 aromatic rings. The molecule has 0 spiro atoms. The molecule has 4 N–H and O–H groups in total. The molecule has 0 aliphatic carbocycles. The predicted octanol–water partition coefficient (Wildman–Crippen LogP) is 0.924. The molecule has 0 aliphatic heterocycles. The summed E-state index contributed by atoms with van der Waals surface area (Å²) in [6, 6.07) is 3.03. The Bertz CT molecular complexity index is 354. The molecule has 0 aromatic heterocycles.